The van der Waals surface area contributed by atoms with Crippen LogP contribution in [0.1, 0.15) is 17.5 Å². The van der Waals surface area contributed by atoms with Gasteiger partial charge in [0.2, 0.25) is 11.8 Å². The van der Waals surface area contributed by atoms with Crippen LogP contribution in [-0.2, 0) is 16.1 Å². The molecule has 1 fully saturated rings. The Labute approximate surface area is 146 Å². The third-order valence-electron chi connectivity index (χ3n) is 4.25. The molecule has 1 aliphatic heterocycles. The largest absolute Gasteiger partial charge is 0.338 e. The Morgan fingerprint density at radius 1 is 1.25 bits per heavy atom. The first-order chi connectivity index (χ1) is 11.5. The van der Waals surface area contributed by atoms with Crippen molar-refractivity contribution in [3.8, 4) is 0 Å². The summed E-state index contributed by atoms with van der Waals surface area (Å²) in [6.07, 6.45) is 0.255. The first-order valence-electron chi connectivity index (χ1n) is 7.91. The molecule has 3 rings (SSSR count). The number of halogens is 1. The average molecular weight is 343 g/mol. The first kappa shape index (κ1) is 16.5. The van der Waals surface area contributed by atoms with Crippen molar-refractivity contribution >= 4 is 29.1 Å². The normalized spacial score (nSPS) is 17.2. The summed E-state index contributed by atoms with van der Waals surface area (Å²) >= 11 is 5.93. The minimum absolute atomic E-state index is 0.0202. The van der Waals surface area contributed by atoms with E-state index in [-0.39, 0.29) is 24.2 Å². The van der Waals surface area contributed by atoms with Crippen LogP contribution in [0.15, 0.2) is 48.5 Å². The minimum atomic E-state index is -0.323. The Morgan fingerprint density at radius 3 is 2.71 bits per heavy atom. The molecule has 1 saturated heterocycles. The molecule has 2 aromatic carbocycles. The third-order valence-corrected chi connectivity index (χ3v) is 4.48. The monoisotopic (exact) mass is 342 g/mol. The second-order valence-electron chi connectivity index (χ2n) is 6.11. The molecule has 1 N–H and O–H groups in total. The van der Waals surface area contributed by atoms with Gasteiger partial charge in [-0.1, -0.05) is 41.9 Å². The van der Waals surface area contributed by atoms with Crippen molar-refractivity contribution in [3.05, 3.63) is 64.7 Å². The lowest BCUT2D eigenvalue weighted by Crippen LogP contribution is -2.28. The zero-order valence-corrected chi connectivity index (χ0v) is 14.2. The summed E-state index contributed by atoms with van der Waals surface area (Å²) in [7, 11) is 0. The first-order valence-corrected chi connectivity index (χ1v) is 8.29. The SMILES string of the molecule is Cc1cc(Cl)ccc1NC(=O)C1CC(=O)N(Cc2ccccc2)C1. The van der Waals surface area contributed by atoms with Crippen molar-refractivity contribution in [2.45, 2.75) is 19.9 Å². The number of rotatable bonds is 4. The Kier molecular flexibility index (Phi) is 4.86. The van der Waals surface area contributed by atoms with Crippen LogP contribution in [0, 0.1) is 12.8 Å². The number of hydrogen-bond donors (Lipinski definition) is 1. The van der Waals surface area contributed by atoms with E-state index in [0.29, 0.717) is 18.1 Å². The van der Waals surface area contributed by atoms with Gasteiger partial charge in [0.25, 0.3) is 0 Å². The summed E-state index contributed by atoms with van der Waals surface area (Å²) in [4.78, 5) is 26.4. The van der Waals surface area contributed by atoms with Gasteiger partial charge in [0.15, 0.2) is 0 Å². The molecule has 24 heavy (non-hydrogen) atoms. The molecule has 0 radical (unpaired) electrons. The lowest BCUT2D eigenvalue weighted by molar-refractivity contribution is -0.128. The maximum absolute atomic E-state index is 12.5. The van der Waals surface area contributed by atoms with E-state index < -0.39 is 0 Å². The Morgan fingerprint density at radius 2 is 2.00 bits per heavy atom. The number of nitrogens with zero attached hydrogens (tertiary/aromatic N) is 1. The van der Waals surface area contributed by atoms with Gasteiger partial charge in [0, 0.05) is 30.2 Å². The van der Waals surface area contributed by atoms with Crippen molar-refractivity contribution < 1.29 is 9.59 Å². The second-order valence-corrected chi connectivity index (χ2v) is 6.55. The fraction of sp³-hybridized carbons (Fsp3) is 0.263. The van der Waals surface area contributed by atoms with Gasteiger partial charge in [-0.25, -0.2) is 0 Å². The second kappa shape index (κ2) is 7.05. The van der Waals surface area contributed by atoms with Crippen molar-refractivity contribution in [1.29, 1.82) is 0 Å². The molecule has 1 aliphatic rings. The summed E-state index contributed by atoms with van der Waals surface area (Å²) < 4.78 is 0. The molecule has 124 valence electrons. The van der Waals surface area contributed by atoms with Gasteiger partial charge in [-0.05, 0) is 36.2 Å². The van der Waals surface area contributed by atoms with Gasteiger partial charge in [-0.3, -0.25) is 9.59 Å². The number of nitrogens with one attached hydrogen (secondary N) is 1. The minimum Gasteiger partial charge on any atom is -0.338 e. The predicted molar refractivity (Wildman–Crippen MR) is 94.8 cm³/mol. The van der Waals surface area contributed by atoms with Crippen LogP contribution >= 0.6 is 11.6 Å². The Balaban J connectivity index is 1.63. The van der Waals surface area contributed by atoms with Crippen molar-refractivity contribution in [2.75, 3.05) is 11.9 Å². The fourth-order valence-corrected chi connectivity index (χ4v) is 3.13. The van der Waals surface area contributed by atoms with Crippen LogP contribution < -0.4 is 5.32 Å². The molecule has 5 heteroatoms. The van der Waals surface area contributed by atoms with Crippen LogP contribution in [0.25, 0.3) is 0 Å². The van der Waals surface area contributed by atoms with Crippen LogP contribution in [0.3, 0.4) is 0 Å². The molecule has 0 spiro atoms. The molecule has 1 heterocycles. The summed E-state index contributed by atoms with van der Waals surface area (Å²) in [5, 5.41) is 3.54. The van der Waals surface area contributed by atoms with E-state index in [1.165, 1.54) is 0 Å². The standard InChI is InChI=1S/C19H19ClN2O2/c1-13-9-16(20)7-8-17(13)21-19(24)15-10-18(23)22(12-15)11-14-5-3-2-4-6-14/h2-9,15H,10-12H2,1H3,(H,21,24). The van der Waals surface area contributed by atoms with E-state index in [2.05, 4.69) is 5.32 Å². The van der Waals surface area contributed by atoms with Gasteiger partial charge >= 0.3 is 0 Å². The van der Waals surface area contributed by atoms with Crippen LogP contribution in [0.4, 0.5) is 5.69 Å². The van der Waals surface area contributed by atoms with Gasteiger partial charge < -0.3 is 10.2 Å². The maximum atomic E-state index is 12.5. The third kappa shape index (κ3) is 3.77. The van der Waals surface area contributed by atoms with E-state index in [9.17, 15) is 9.59 Å². The number of aryl methyl sites for hydroxylation is 1. The molecule has 0 aliphatic carbocycles. The molecule has 2 aromatic rings. The lowest BCUT2D eigenvalue weighted by Gasteiger charge is -2.17. The molecular formula is C19H19ClN2O2. The van der Waals surface area contributed by atoms with E-state index in [1.807, 2.05) is 37.3 Å². The van der Waals surface area contributed by atoms with Gasteiger partial charge in [-0.2, -0.15) is 0 Å². The molecule has 4 nitrogen and oxygen atoms in total. The van der Waals surface area contributed by atoms with Gasteiger partial charge in [0.05, 0.1) is 5.92 Å². The van der Waals surface area contributed by atoms with Crippen LogP contribution in [-0.4, -0.2) is 23.3 Å². The molecule has 1 unspecified atom stereocenters. The van der Waals surface area contributed by atoms with Crippen LogP contribution in [0.5, 0.6) is 0 Å². The molecule has 1 atom stereocenters. The summed E-state index contributed by atoms with van der Waals surface area (Å²) in [5.41, 5.74) is 2.71. The van der Waals surface area contributed by atoms with Crippen LogP contribution in [0.2, 0.25) is 5.02 Å². The maximum Gasteiger partial charge on any atom is 0.229 e. The highest BCUT2D eigenvalue weighted by Crippen LogP contribution is 2.24. The summed E-state index contributed by atoms with van der Waals surface area (Å²) in [5.74, 6) is -0.424. The lowest BCUT2D eigenvalue weighted by atomic mass is 10.1. The van der Waals surface area contributed by atoms with Gasteiger partial charge in [-0.15, -0.1) is 0 Å². The molecule has 2 amide bonds. The zero-order chi connectivity index (χ0) is 17.1. The molecular weight excluding hydrogens is 324 g/mol. The topological polar surface area (TPSA) is 49.4 Å². The van der Waals surface area contributed by atoms with Gasteiger partial charge in [0.1, 0.15) is 0 Å². The number of hydrogen-bond acceptors (Lipinski definition) is 2. The number of carbonyl (C=O) groups is 2. The highest BCUT2D eigenvalue weighted by molar-refractivity contribution is 6.30. The average Bonchev–Trinajstić information content (AvgIpc) is 2.92. The molecule has 0 aromatic heterocycles. The summed E-state index contributed by atoms with van der Waals surface area (Å²) in [6.45, 7) is 2.89. The highest BCUT2D eigenvalue weighted by atomic mass is 35.5. The summed E-state index contributed by atoms with van der Waals surface area (Å²) in [6, 6.07) is 15.1. The van der Waals surface area contributed by atoms with Crippen molar-refractivity contribution in [2.24, 2.45) is 5.92 Å². The number of amides is 2. The predicted octanol–water partition coefficient (Wildman–Crippen LogP) is 3.64. The number of carbonyl (C=O) groups excluding carboxylic acids is 2. The quantitative estimate of drug-likeness (QED) is 0.922. The van der Waals surface area contributed by atoms with Crippen molar-refractivity contribution in [3.63, 3.8) is 0 Å². The van der Waals surface area contributed by atoms with E-state index in [4.69, 9.17) is 11.6 Å². The van der Waals surface area contributed by atoms with E-state index in [0.717, 1.165) is 16.8 Å². The van der Waals surface area contributed by atoms with E-state index >= 15 is 0 Å². The highest BCUT2D eigenvalue weighted by Gasteiger charge is 2.34. The number of anilines is 1. The Bertz CT molecular complexity index is 761. The van der Waals surface area contributed by atoms with E-state index in [1.54, 1.807) is 23.1 Å². The fourth-order valence-electron chi connectivity index (χ4n) is 2.91. The zero-order valence-electron chi connectivity index (χ0n) is 13.5. The Hall–Kier alpha value is -2.33. The molecule has 0 bridgehead atoms. The number of likely N-dealkylation sites (tertiary alicyclic amines) is 1. The van der Waals surface area contributed by atoms with Crippen molar-refractivity contribution in [1.82, 2.24) is 4.90 Å². The smallest absolute Gasteiger partial charge is 0.229 e. The molecule has 0 saturated carbocycles. The number of benzene rings is 2.